The summed E-state index contributed by atoms with van der Waals surface area (Å²) in [5, 5.41) is 2.25. The predicted octanol–water partition coefficient (Wildman–Crippen LogP) is 2.00. The summed E-state index contributed by atoms with van der Waals surface area (Å²) in [7, 11) is 4.20. The molecule has 0 saturated heterocycles. The highest BCUT2D eigenvalue weighted by Gasteiger charge is 2.00. The molecule has 4 heteroatoms. The maximum Gasteiger partial charge on any atom is 0.0279 e. The smallest absolute Gasteiger partial charge is 0.0279 e. The van der Waals surface area contributed by atoms with Gasteiger partial charge in [-0.3, -0.25) is 0 Å². The van der Waals surface area contributed by atoms with Gasteiger partial charge in [0.1, 0.15) is 0 Å². The molecule has 0 aliphatic carbocycles. The van der Waals surface area contributed by atoms with Crippen LogP contribution in [-0.4, -0.2) is 31.3 Å². The topological polar surface area (TPSA) is 29.3 Å². The van der Waals surface area contributed by atoms with Crippen molar-refractivity contribution in [1.29, 1.82) is 0 Å². The summed E-state index contributed by atoms with van der Waals surface area (Å²) in [5.74, 6) is 2.16. The second kappa shape index (κ2) is 6.45. The van der Waals surface area contributed by atoms with E-state index < -0.39 is 0 Å². The second-order valence-corrected chi connectivity index (χ2v) is 5.60. The van der Waals surface area contributed by atoms with Crippen molar-refractivity contribution >= 4 is 23.1 Å². The van der Waals surface area contributed by atoms with Gasteiger partial charge in [-0.2, -0.15) is 11.8 Å². The lowest BCUT2D eigenvalue weighted by molar-refractivity contribution is 0.403. The van der Waals surface area contributed by atoms with Crippen LogP contribution < -0.4 is 5.73 Å². The van der Waals surface area contributed by atoms with Crippen molar-refractivity contribution in [2.75, 3.05) is 26.4 Å². The average molecular weight is 230 g/mol. The van der Waals surface area contributed by atoms with E-state index in [1.807, 2.05) is 23.1 Å². The lowest BCUT2D eigenvalue weighted by Crippen LogP contribution is -2.09. The molecular formula is C10H18N2S2. The van der Waals surface area contributed by atoms with Crippen LogP contribution in [0.15, 0.2) is 11.4 Å². The molecule has 0 fully saturated rings. The molecule has 0 spiro atoms. The fourth-order valence-electron chi connectivity index (χ4n) is 1.21. The minimum atomic E-state index is 0.778. The van der Waals surface area contributed by atoms with E-state index in [1.54, 1.807) is 0 Å². The van der Waals surface area contributed by atoms with Gasteiger partial charge in [0.25, 0.3) is 0 Å². The molecule has 1 aromatic heterocycles. The molecule has 0 aliphatic heterocycles. The lowest BCUT2D eigenvalue weighted by Gasteiger charge is -2.06. The van der Waals surface area contributed by atoms with Crippen molar-refractivity contribution in [1.82, 2.24) is 4.90 Å². The van der Waals surface area contributed by atoms with Crippen molar-refractivity contribution in [2.45, 2.75) is 12.3 Å². The molecule has 0 atom stereocenters. The van der Waals surface area contributed by atoms with E-state index in [0.717, 1.165) is 24.6 Å². The van der Waals surface area contributed by atoms with Gasteiger partial charge in [-0.1, -0.05) is 0 Å². The highest BCUT2D eigenvalue weighted by atomic mass is 32.2. The molecular weight excluding hydrogens is 212 g/mol. The summed E-state index contributed by atoms with van der Waals surface area (Å²) in [6.45, 7) is 1.82. The van der Waals surface area contributed by atoms with Crippen LogP contribution in [-0.2, 0) is 12.3 Å². The van der Waals surface area contributed by atoms with Crippen LogP contribution in [0, 0.1) is 0 Å². The van der Waals surface area contributed by atoms with Gasteiger partial charge in [0.15, 0.2) is 0 Å². The van der Waals surface area contributed by atoms with E-state index in [2.05, 4.69) is 30.4 Å². The summed E-state index contributed by atoms with van der Waals surface area (Å²) < 4.78 is 0. The van der Waals surface area contributed by atoms with Gasteiger partial charge in [0.05, 0.1) is 0 Å². The minimum absolute atomic E-state index is 0.778. The first-order chi connectivity index (χ1) is 6.72. The number of thioether (sulfide) groups is 1. The summed E-state index contributed by atoms with van der Waals surface area (Å²) in [6.07, 6.45) is 0. The van der Waals surface area contributed by atoms with E-state index >= 15 is 0 Å². The molecule has 0 saturated carbocycles. The third kappa shape index (κ3) is 4.46. The summed E-state index contributed by atoms with van der Waals surface area (Å²) in [4.78, 5) is 3.65. The molecule has 1 rings (SSSR count). The number of hydrogen-bond donors (Lipinski definition) is 1. The fraction of sp³-hybridized carbons (Fsp3) is 0.600. The van der Waals surface area contributed by atoms with E-state index in [0.29, 0.717) is 0 Å². The Kier molecular flexibility index (Phi) is 5.55. The Bertz CT molecular complexity index is 258. The third-order valence-corrected chi connectivity index (χ3v) is 3.92. The normalized spacial score (nSPS) is 11.1. The predicted molar refractivity (Wildman–Crippen MR) is 66.9 cm³/mol. The zero-order valence-electron chi connectivity index (χ0n) is 8.82. The van der Waals surface area contributed by atoms with Gasteiger partial charge in [-0.25, -0.2) is 0 Å². The Morgan fingerprint density at radius 2 is 2.29 bits per heavy atom. The van der Waals surface area contributed by atoms with Gasteiger partial charge < -0.3 is 10.6 Å². The van der Waals surface area contributed by atoms with Gasteiger partial charge in [0, 0.05) is 29.5 Å². The van der Waals surface area contributed by atoms with Crippen LogP contribution in [0.4, 0.5) is 0 Å². The van der Waals surface area contributed by atoms with Crippen LogP contribution in [0.1, 0.15) is 10.4 Å². The first-order valence-electron chi connectivity index (χ1n) is 4.71. The largest absolute Gasteiger partial charge is 0.330 e. The Balaban J connectivity index is 2.35. The average Bonchev–Trinajstić information content (AvgIpc) is 2.52. The van der Waals surface area contributed by atoms with E-state index in [-0.39, 0.29) is 0 Å². The fourth-order valence-corrected chi connectivity index (χ4v) is 2.99. The molecule has 0 amide bonds. The van der Waals surface area contributed by atoms with Gasteiger partial charge >= 0.3 is 0 Å². The quantitative estimate of drug-likeness (QED) is 0.758. The summed E-state index contributed by atoms with van der Waals surface area (Å²) in [6, 6.07) is 2.30. The molecule has 2 nitrogen and oxygen atoms in total. The Labute approximate surface area is 94.5 Å². The number of rotatable bonds is 6. The molecule has 0 aromatic carbocycles. The van der Waals surface area contributed by atoms with E-state index in [1.165, 1.54) is 10.4 Å². The lowest BCUT2D eigenvalue weighted by atomic mass is 10.3. The van der Waals surface area contributed by atoms with Gasteiger partial charge in [-0.05, 0) is 31.1 Å². The van der Waals surface area contributed by atoms with Crippen LogP contribution in [0.2, 0.25) is 0 Å². The Morgan fingerprint density at radius 1 is 1.50 bits per heavy atom. The zero-order valence-corrected chi connectivity index (χ0v) is 10.5. The number of nitrogens with two attached hydrogens (primary N) is 1. The highest BCUT2D eigenvalue weighted by Crippen LogP contribution is 2.20. The maximum absolute atomic E-state index is 5.44. The number of thiophene rings is 1. The highest BCUT2D eigenvalue weighted by molar-refractivity contribution is 7.98. The Morgan fingerprint density at radius 3 is 2.93 bits per heavy atom. The van der Waals surface area contributed by atoms with Crippen molar-refractivity contribution < 1.29 is 0 Å². The molecule has 14 heavy (non-hydrogen) atoms. The molecule has 2 N–H and O–H groups in total. The molecule has 0 radical (unpaired) electrons. The second-order valence-electron chi connectivity index (χ2n) is 3.50. The summed E-state index contributed by atoms with van der Waals surface area (Å²) >= 11 is 3.76. The standard InChI is InChI=1S/C10H18N2S2/c1-12(2)6-9-5-10(14-7-9)8-13-4-3-11/h5,7H,3-4,6,8,11H2,1-2H3. The van der Waals surface area contributed by atoms with Crippen molar-refractivity contribution in [3.05, 3.63) is 21.9 Å². The number of hydrogen-bond acceptors (Lipinski definition) is 4. The molecule has 1 heterocycles. The SMILES string of the molecule is CN(C)Cc1csc(CSCCN)c1. The zero-order chi connectivity index (χ0) is 10.4. The van der Waals surface area contributed by atoms with Crippen LogP contribution in [0.25, 0.3) is 0 Å². The van der Waals surface area contributed by atoms with Gasteiger partial charge in [0.2, 0.25) is 0 Å². The summed E-state index contributed by atoms with van der Waals surface area (Å²) in [5.41, 5.74) is 6.86. The molecule has 0 bridgehead atoms. The maximum atomic E-state index is 5.44. The minimum Gasteiger partial charge on any atom is -0.330 e. The van der Waals surface area contributed by atoms with Crippen LogP contribution in [0.5, 0.6) is 0 Å². The molecule has 0 unspecified atom stereocenters. The van der Waals surface area contributed by atoms with Gasteiger partial charge in [-0.15, -0.1) is 11.3 Å². The van der Waals surface area contributed by atoms with E-state index in [4.69, 9.17) is 5.73 Å². The molecule has 1 aromatic rings. The van der Waals surface area contributed by atoms with Crippen LogP contribution >= 0.6 is 23.1 Å². The first kappa shape index (κ1) is 12.0. The van der Waals surface area contributed by atoms with Crippen molar-refractivity contribution in [2.24, 2.45) is 5.73 Å². The van der Waals surface area contributed by atoms with Crippen LogP contribution in [0.3, 0.4) is 0 Å². The first-order valence-corrected chi connectivity index (χ1v) is 6.74. The van der Waals surface area contributed by atoms with Crippen molar-refractivity contribution in [3.63, 3.8) is 0 Å². The van der Waals surface area contributed by atoms with E-state index in [9.17, 15) is 0 Å². The number of nitrogens with zero attached hydrogens (tertiary/aromatic N) is 1. The van der Waals surface area contributed by atoms with Crippen molar-refractivity contribution in [3.8, 4) is 0 Å². The Hall–Kier alpha value is -0.0300. The molecule has 80 valence electrons. The molecule has 0 aliphatic rings. The third-order valence-electron chi connectivity index (χ3n) is 1.71. The monoisotopic (exact) mass is 230 g/mol.